The van der Waals surface area contributed by atoms with Crippen LogP contribution in [0.15, 0.2) is 0 Å². The quantitative estimate of drug-likeness (QED) is 0.538. The number of H-pyrrole nitrogens is 1. The third kappa shape index (κ3) is 0.881. The van der Waals surface area contributed by atoms with E-state index < -0.39 is 0 Å². The Hall–Kier alpha value is -0.970. The zero-order valence-corrected chi connectivity index (χ0v) is 5.54. The summed E-state index contributed by atoms with van der Waals surface area (Å²) in [6.45, 7) is 2.05. The first-order valence-electron chi connectivity index (χ1n) is 3.41. The standard InChI is InChI=1S/C5H9N5/c1-2-6-3-4(1)5-7-9-10-8-5/h4,6H,1-3H2,(H,7,8,9,10)/t4-/m1/s1. The fourth-order valence-corrected chi connectivity index (χ4v) is 1.22. The molecule has 0 saturated carbocycles. The van der Waals surface area contributed by atoms with E-state index in [0.717, 1.165) is 25.3 Å². The Labute approximate surface area is 58.2 Å². The van der Waals surface area contributed by atoms with Crippen molar-refractivity contribution in [2.24, 2.45) is 0 Å². The van der Waals surface area contributed by atoms with E-state index in [1.54, 1.807) is 0 Å². The van der Waals surface area contributed by atoms with Crippen LogP contribution in [-0.4, -0.2) is 33.7 Å². The molecule has 1 fully saturated rings. The number of aromatic nitrogens is 4. The summed E-state index contributed by atoms with van der Waals surface area (Å²) in [6, 6.07) is 0. The highest BCUT2D eigenvalue weighted by Crippen LogP contribution is 2.16. The Kier molecular flexibility index (Phi) is 1.35. The molecule has 2 N–H and O–H groups in total. The zero-order chi connectivity index (χ0) is 6.81. The van der Waals surface area contributed by atoms with Crippen LogP contribution in [-0.2, 0) is 0 Å². The van der Waals surface area contributed by atoms with Crippen LogP contribution in [0, 0.1) is 0 Å². The van der Waals surface area contributed by atoms with Gasteiger partial charge in [-0.25, -0.2) is 0 Å². The van der Waals surface area contributed by atoms with Crippen molar-refractivity contribution >= 4 is 0 Å². The summed E-state index contributed by atoms with van der Waals surface area (Å²) in [4.78, 5) is 0. The van der Waals surface area contributed by atoms with E-state index in [1.165, 1.54) is 0 Å². The van der Waals surface area contributed by atoms with Crippen molar-refractivity contribution < 1.29 is 0 Å². The second kappa shape index (κ2) is 2.34. The van der Waals surface area contributed by atoms with Crippen LogP contribution in [0.4, 0.5) is 0 Å². The molecule has 1 saturated heterocycles. The molecule has 1 aliphatic heterocycles. The Morgan fingerprint density at radius 2 is 2.50 bits per heavy atom. The Bertz CT molecular complexity index is 188. The SMILES string of the molecule is C1C[C@@H](c2nn[nH]n2)CN1. The van der Waals surface area contributed by atoms with Crippen molar-refractivity contribution in [3.8, 4) is 0 Å². The van der Waals surface area contributed by atoms with Crippen LogP contribution in [0.3, 0.4) is 0 Å². The number of nitrogens with one attached hydrogen (secondary N) is 2. The maximum Gasteiger partial charge on any atom is 0.178 e. The molecule has 0 amide bonds. The number of aromatic amines is 1. The van der Waals surface area contributed by atoms with E-state index in [1.807, 2.05) is 0 Å². The topological polar surface area (TPSA) is 66.5 Å². The number of tetrazole rings is 1. The van der Waals surface area contributed by atoms with Crippen molar-refractivity contribution in [1.29, 1.82) is 0 Å². The summed E-state index contributed by atoms with van der Waals surface area (Å²) < 4.78 is 0. The molecule has 0 aliphatic carbocycles. The molecule has 0 aromatic carbocycles. The van der Waals surface area contributed by atoms with Crippen LogP contribution < -0.4 is 5.32 Å². The number of hydrogen-bond acceptors (Lipinski definition) is 4. The molecule has 2 heterocycles. The fraction of sp³-hybridized carbons (Fsp3) is 0.800. The van der Waals surface area contributed by atoms with Gasteiger partial charge in [-0.3, -0.25) is 0 Å². The summed E-state index contributed by atoms with van der Waals surface area (Å²) in [5, 5.41) is 17.0. The predicted molar refractivity (Wildman–Crippen MR) is 34.4 cm³/mol. The number of hydrogen-bond donors (Lipinski definition) is 2. The second-order valence-electron chi connectivity index (χ2n) is 2.46. The highest BCUT2D eigenvalue weighted by atomic mass is 15.5. The van der Waals surface area contributed by atoms with E-state index in [2.05, 4.69) is 25.9 Å². The predicted octanol–water partition coefficient (Wildman–Crippen LogP) is -0.723. The van der Waals surface area contributed by atoms with Crippen molar-refractivity contribution in [1.82, 2.24) is 25.9 Å². The van der Waals surface area contributed by atoms with Gasteiger partial charge in [0.05, 0.1) is 0 Å². The smallest absolute Gasteiger partial charge is 0.178 e. The maximum atomic E-state index is 3.91. The van der Waals surface area contributed by atoms with Crippen molar-refractivity contribution in [2.45, 2.75) is 12.3 Å². The molecule has 1 aromatic rings. The molecule has 2 rings (SSSR count). The highest BCUT2D eigenvalue weighted by Gasteiger charge is 2.19. The number of rotatable bonds is 1. The number of nitrogens with zero attached hydrogens (tertiary/aromatic N) is 3. The molecular weight excluding hydrogens is 130 g/mol. The summed E-state index contributed by atoms with van der Waals surface area (Å²) in [7, 11) is 0. The van der Waals surface area contributed by atoms with Crippen molar-refractivity contribution in [3.05, 3.63) is 5.82 Å². The average molecular weight is 139 g/mol. The molecule has 1 atom stereocenters. The molecule has 10 heavy (non-hydrogen) atoms. The normalized spacial score (nSPS) is 25.4. The van der Waals surface area contributed by atoms with E-state index in [9.17, 15) is 0 Å². The average Bonchev–Trinajstić information content (AvgIpc) is 2.59. The molecule has 0 unspecified atom stereocenters. The molecule has 0 spiro atoms. The van der Waals surface area contributed by atoms with E-state index in [-0.39, 0.29) is 0 Å². The molecule has 5 nitrogen and oxygen atoms in total. The molecule has 0 radical (unpaired) electrons. The summed E-state index contributed by atoms with van der Waals surface area (Å²) >= 11 is 0. The van der Waals surface area contributed by atoms with Gasteiger partial charge in [0.1, 0.15) is 0 Å². The first kappa shape index (κ1) is 5.79. The van der Waals surface area contributed by atoms with Gasteiger partial charge in [-0.1, -0.05) is 5.21 Å². The lowest BCUT2D eigenvalue weighted by molar-refractivity contribution is 0.704. The summed E-state index contributed by atoms with van der Waals surface area (Å²) in [5.74, 6) is 1.31. The minimum atomic E-state index is 0.471. The first-order valence-corrected chi connectivity index (χ1v) is 3.41. The van der Waals surface area contributed by atoms with E-state index in [0.29, 0.717) is 5.92 Å². The summed E-state index contributed by atoms with van der Waals surface area (Å²) in [6.07, 6.45) is 1.12. The molecule has 1 aliphatic rings. The van der Waals surface area contributed by atoms with Crippen LogP contribution in [0.25, 0.3) is 0 Å². The molecule has 5 heteroatoms. The lowest BCUT2D eigenvalue weighted by Gasteiger charge is -1.97. The van der Waals surface area contributed by atoms with Gasteiger partial charge < -0.3 is 5.32 Å². The monoisotopic (exact) mass is 139 g/mol. The van der Waals surface area contributed by atoms with Gasteiger partial charge in [0.15, 0.2) is 5.82 Å². The van der Waals surface area contributed by atoms with Gasteiger partial charge >= 0.3 is 0 Å². The highest BCUT2D eigenvalue weighted by molar-refractivity contribution is 4.95. The minimum Gasteiger partial charge on any atom is -0.316 e. The molecule has 0 bridgehead atoms. The van der Waals surface area contributed by atoms with Gasteiger partial charge in [-0.2, -0.15) is 5.21 Å². The van der Waals surface area contributed by atoms with Crippen LogP contribution in [0.1, 0.15) is 18.2 Å². The second-order valence-corrected chi connectivity index (χ2v) is 2.46. The van der Waals surface area contributed by atoms with E-state index >= 15 is 0 Å². The van der Waals surface area contributed by atoms with Gasteiger partial charge in [0.2, 0.25) is 0 Å². The summed E-state index contributed by atoms with van der Waals surface area (Å²) in [5.41, 5.74) is 0. The Morgan fingerprint density at radius 1 is 1.50 bits per heavy atom. The minimum absolute atomic E-state index is 0.471. The lowest BCUT2D eigenvalue weighted by atomic mass is 10.1. The third-order valence-corrected chi connectivity index (χ3v) is 1.79. The van der Waals surface area contributed by atoms with Crippen LogP contribution >= 0.6 is 0 Å². The third-order valence-electron chi connectivity index (χ3n) is 1.79. The molecular formula is C5H9N5. The van der Waals surface area contributed by atoms with Gasteiger partial charge in [0.25, 0.3) is 0 Å². The molecule has 54 valence electrons. The largest absolute Gasteiger partial charge is 0.316 e. The fourth-order valence-electron chi connectivity index (χ4n) is 1.22. The maximum absolute atomic E-state index is 3.91. The Balaban J connectivity index is 2.12. The van der Waals surface area contributed by atoms with Crippen LogP contribution in [0.5, 0.6) is 0 Å². The Morgan fingerprint density at radius 3 is 3.10 bits per heavy atom. The van der Waals surface area contributed by atoms with E-state index in [4.69, 9.17) is 0 Å². The van der Waals surface area contributed by atoms with Gasteiger partial charge in [-0.05, 0) is 13.0 Å². The van der Waals surface area contributed by atoms with Crippen molar-refractivity contribution in [2.75, 3.05) is 13.1 Å². The molecule has 1 aromatic heterocycles. The van der Waals surface area contributed by atoms with Crippen LogP contribution in [0.2, 0.25) is 0 Å². The first-order chi connectivity index (χ1) is 4.97. The van der Waals surface area contributed by atoms with Gasteiger partial charge in [0, 0.05) is 12.5 Å². The zero-order valence-electron chi connectivity index (χ0n) is 5.54. The van der Waals surface area contributed by atoms with Gasteiger partial charge in [-0.15, -0.1) is 10.2 Å². The lowest BCUT2D eigenvalue weighted by Crippen LogP contribution is -2.08. The van der Waals surface area contributed by atoms with Crippen molar-refractivity contribution in [3.63, 3.8) is 0 Å².